The highest BCUT2D eigenvalue weighted by atomic mass is 14.9. The Morgan fingerprint density at radius 2 is 1.60 bits per heavy atom. The molecule has 1 heteroatoms. The highest BCUT2D eigenvalue weighted by Gasteiger charge is 2.07. The third kappa shape index (κ3) is 10.2. The summed E-state index contributed by atoms with van der Waals surface area (Å²) in [6.45, 7) is 10.4. The van der Waals surface area contributed by atoms with Crippen molar-refractivity contribution in [3.63, 3.8) is 0 Å². The van der Waals surface area contributed by atoms with Gasteiger partial charge in [0.1, 0.15) is 0 Å². The van der Waals surface area contributed by atoms with E-state index in [1.165, 1.54) is 51.5 Å². The molecule has 0 aliphatic rings. The number of nitrogens with one attached hydrogen (secondary N) is 1. The quantitative estimate of drug-likeness (QED) is 0.531. The van der Waals surface area contributed by atoms with Crippen molar-refractivity contribution in [3.8, 4) is 0 Å². The topological polar surface area (TPSA) is 12.0 Å². The fourth-order valence-corrected chi connectivity index (χ4v) is 1.91. The minimum Gasteiger partial charge on any atom is -0.314 e. The molecule has 15 heavy (non-hydrogen) atoms. The van der Waals surface area contributed by atoms with Gasteiger partial charge in [-0.25, -0.2) is 0 Å². The molecule has 0 radical (unpaired) electrons. The first kappa shape index (κ1) is 15.0. The van der Waals surface area contributed by atoms with Crippen molar-refractivity contribution < 1.29 is 0 Å². The molecule has 1 N–H and O–H groups in total. The summed E-state index contributed by atoms with van der Waals surface area (Å²) in [5, 5.41) is 3.71. The summed E-state index contributed by atoms with van der Waals surface area (Å²) in [5.41, 5.74) is 0. The predicted molar refractivity (Wildman–Crippen MR) is 70.3 cm³/mol. The summed E-state index contributed by atoms with van der Waals surface area (Å²) in [6.07, 6.45) is 9.42. The monoisotopic (exact) mass is 213 g/mol. The molecule has 0 spiro atoms. The predicted octanol–water partition coefficient (Wildman–Crippen LogP) is 4.37. The number of hydrogen-bond acceptors (Lipinski definition) is 1. The third-order valence-electron chi connectivity index (χ3n) is 2.94. The highest BCUT2D eigenvalue weighted by Crippen LogP contribution is 2.10. The molecule has 1 nitrogen and oxygen atoms in total. The van der Waals surface area contributed by atoms with Crippen molar-refractivity contribution >= 4 is 0 Å². The Labute approximate surface area is 97.0 Å². The first-order valence-electron chi connectivity index (χ1n) is 6.94. The SMILES string of the molecule is CCCCCNC(CCC)CCC(C)C. The van der Waals surface area contributed by atoms with Crippen LogP contribution in [0.3, 0.4) is 0 Å². The average Bonchev–Trinajstić information content (AvgIpc) is 2.20. The van der Waals surface area contributed by atoms with Crippen LogP contribution in [0, 0.1) is 5.92 Å². The van der Waals surface area contributed by atoms with Crippen molar-refractivity contribution in [2.45, 2.75) is 78.7 Å². The molecule has 1 unspecified atom stereocenters. The maximum absolute atomic E-state index is 3.71. The van der Waals surface area contributed by atoms with Crippen molar-refractivity contribution in [2.75, 3.05) is 6.54 Å². The normalized spacial score (nSPS) is 13.4. The summed E-state index contributed by atoms with van der Waals surface area (Å²) in [6, 6.07) is 0.772. The zero-order valence-electron chi connectivity index (χ0n) is 11.3. The van der Waals surface area contributed by atoms with Crippen LogP contribution < -0.4 is 5.32 Å². The van der Waals surface area contributed by atoms with Crippen molar-refractivity contribution in [1.82, 2.24) is 5.32 Å². The Hall–Kier alpha value is -0.0400. The van der Waals surface area contributed by atoms with Crippen LogP contribution in [-0.2, 0) is 0 Å². The Morgan fingerprint density at radius 1 is 0.867 bits per heavy atom. The Balaban J connectivity index is 3.53. The molecular weight excluding hydrogens is 182 g/mol. The van der Waals surface area contributed by atoms with Gasteiger partial charge in [-0.2, -0.15) is 0 Å². The number of hydrogen-bond donors (Lipinski definition) is 1. The second-order valence-corrected chi connectivity index (χ2v) is 5.12. The average molecular weight is 213 g/mol. The summed E-state index contributed by atoms with van der Waals surface area (Å²) in [5.74, 6) is 0.849. The van der Waals surface area contributed by atoms with Crippen molar-refractivity contribution in [3.05, 3.63) is 0 Å². The van der Waals surface area contributed by atoms with Gasteiger partial charge in [-0.1, -0.05) is 47.0 Å². The maximum Gasteiger partial charge on any atom is 0.00670 e. The lowest BCUT2D eigenvalue weighted by Gasteiger charge is -2.19. The molecule has 0 bridgehead atoms. The summed E-state index contributed by atoms with van der Waals surface area (Å²) >= 11 is 0. The molecule has 0 amide bonds. The standard InChI is InChI=1S/C14H31N/c1-5-7-8-12-15-14(9-6-2)11-10-13(3)4/h13-15H,5-12H2,1-4H3. The highest BCUT2D eigenvalue weighted by molar-refractivity contribution is 4.67. The van der Waals surface area contributed by atoms with Crippen LogP contribution in [0.5, 0.6) is 0 Å². The van der Waals surface area contributed by atoms with E-state index in [0.717, 1.165) is 12.0 Å². The van der Waals surface area contributed by atoms with Gasteiger partial charge in [0.25, 0.3) is 0 Å². The Kier molecular flexibility index (Phi) is 10.4. The lowest BCUT2D eigenvalue weighted by atomic mass is 10.00. The van der Waals surface area contributed by atoms with Gasteiger partial charge in [-0.3, -0.25) is 0 Å². The zero-order valence-corrected chi connectivity index (χ0v) is 11.3. The molecule has 0 fully saturated rings. The minimum atomic E-state index is 0.772. The summed E-state index contributed by atoms with van der Waals surface area (Å²) < 4.78 is 0. The van der Waals surface area contributed by atoms with Gasteiger partial charge < -0.3 is 5.32 Å². The van der Waals surface area contributed by atoms with Gasteiger partial charge in [0.05, 0.1) is 0 Å². The Morgan fingerprint density at radius 3 is 2.13 bits per heavy atom. The van der Waals surface area contributed by atoms with Crippen LogP contribution in [0.1, 0.15) is 72.6 Å². The van der Waals surface area contributed by atoms with Crippen LogP contribution in [0.4, 0.5) is 0 Å². The number of unbranched alkanes of at least 4 members (excludes halogenated alkanes) is 2. The van der Waals surface area contributed by atoms with Gasteiger partial charge in [0.2, 0.25) is 0 Å². The second kappa shape index (κ2) is 10.5. The minimum absolute atomic E-state index is 0.772. The fourth-order valence-electron chi connectivity index (χ4n) is 1.91. The molecule has 0 saturated heterocycles. The van der Waals surface area contributed by atoms with E-state index in [4.69, 9.17) is 0 Å². The molecule has 0 aromatic carbocycles. The zero-order chi connectivity index (χ0) is 11.5. The van der Waals surface area contributed by atoms with E-state index in [2.05, 4.69) is 33.0 Å². The maximum atomic E-state index is 3.71. The summed E-state index contributed by atoms with van der Waals surface area (Å²) in [7, 11) is 0. The van der Waals surface area contributed by atoms with Gasteiger partial charge in [0.15, 0.2) is 0 Å². The molecule has 0 aliphatic carbocycles. The van der Waals surface area contributed by atoms with Crippen molar-refractivity contribution in [1.29, 1.82) is 0 Å². The largest absolute Gasteiger partial charge is 0.314 e. The molecule has 0 heterocycles. The van der Waals surface area contributed by atoms with E-state index in [9.17, 15) is 0 Å². The molecule has 0 aliphatic heterocycles. The van der Waals surface area contributed by atoms with E-state index in [-0.39, 0.29) is 0 Å². The molecular formula is C14H31N. The van der Waals surface area contributed by atoms with Crippen LogP contribution >= 0.6 is 0 Å². The number of rotatable bonds is 10. The van der Waals surface area contributed by atoms with Crippen molar-refractivity contribution in [2.24, 2.45) is 5.92 Å². The van der Waals surface area contributed by atoms with Crippen LogP contribution in [0.15, 0.2) is 0 Å². The van der Waals surface area contributed by atoms with E-state index < -0.39 is 0 Å². The lowest BCUT2D eigenvalue weighted by molar-refractivity contribution is 0.403. The van der Waals surface area contributed by atoms with Gasteiger partial charge in [0, 0.05) is 6.04 Å². The van der Waals surface area contributed by atoms with E-state index >= 15 is 0 Å². The molecule has 1 atom stereocenters. The second-order valence-electron chi connectivity index (χ2n) is 5.12. The van der Waals surface area contributed by atoms with Crippen LogP contribution in [0.2, 0.25) is 0 Å². The molecule has 0 saturated carbocycles. The van der Waals surface area contributed by atoms with E-state index in [1.807, 2.05) is 0 Å². The molecule has 0 aromatic heterocycles. The molecule has 0 aromatic rings. The van der Waals surface area contributed by atoms with E-state index in [0.29, 0.717) is 0 Å². The first-order valence-corrected chi connectivity index (χ1v) is 6.94. The lowest BCUT2D eigenvalue weighted by Crippen LogP contribution is -2.30. The van der Waals surface area contributed by atoms with Crippen LogP contribution in [-0.4, -0.2) is 12.6 Å². The fraction of sp³-hybridized carbons (Fsp3) is 1.00. The summed E-state index contributed by atoms with van der Waals surface area (Å²) in [4.78, 5) is 0. The van der Waals surface area contributed by atoms with Gasteiger partial charge in [-0.15, -0.1) is 0 Å². The molecule has 0 rings (SSSR count). The first-order chi connectivity index (χ1) is 7.20. The van der Waals surface area contributed by atoms with Gasteiger partial charge >= 0.3 is 0 Å². The van der Waals surface area contributed by atoms with E-state index in [1.54, 1.807) is 0 Å². The molecule has 92 valence electrons. The third-order valence-corrected chi connectivity index (χ3v) is 2.94. The van der Waals surface area contributed by atoms with Gasteiger partial charge in [-0.05, 0) is 38.1 Å². The van der Waals surface area contributed by atoms with Crippen LogP contribution in [0.25, 0.3) is 0 Å². The Bertz CT molecular complexity index is 121. The smallest absolute Gasteiger partial charge is 0.00670 e.